The molecule has 0 saturated heterocycles. The summed E-state index contributed by atoms with van der Waals surface area (Å²) in [7, 11) is 1.73. The Kier molecular flexibility index (Phi) is 5.29. The zero-order chi connectivity index (χ0) is 12.8. The van der Waals surface area contributed by atoms with Crippen LogP contribution in [-0.4, -0.2) is 50.7 Å². The lowest BCUT2D eigenvalue weighted by molar-refractivity contribution is 0.144. The average molecular weight is 270 g/mol. The highest BCUT2D eigenvalue weighted by Gasteiger charge is 2.25. The molecule has 0 aliphatic carbocycles. The van der Waals surface area contributed by atoms with Crippen molar-refractivity contribution in [1.29, 1.82) is 0 Å². The molecule has 2 rings (SSSR count). The molecule has 1 aliphatic heterocycles. The first kappa shape index (κ1) is 13.7. The normalized spacial score (nSPS) is 17.8. The molecule has 4 heteroatoms. The molecule has 1 unspecified atom stereocenters. The van der Waals surface area contributed by atoms with Crippen LogP contribution < -0.4 is 4.74 Å². The van der Waals surface area contributed by atoms with Crippen molar-refractivity contribution in [2.45, 2.75) is 5.92 Å². The van der Waals surface area contributed by atoms with E-state index in [0.29, 0.717) is 11.8 Å². The average Bonchev–Trinajstić information content (AvgIpc) is 2.80. The maximum absolute atomic E-state index is 5.85. The summed E-state index contributed by atoms with van der Waals surface area (Å²) in [5.41, 5.74) is 1.31. The monoisotopic (exact) mass is 269 g/mol. The van der Waals surface area contributed by atoms with Crippen LogP contribution in [0.5, 0.6) is 5.75 Å². The standard InChI is InChI=1S/C14H20ClNO2/c1-17-9-8-16(7-6-15)10-12-11-18-14-5-3-2-4-13(12)14/h2-5,12H,6-11H2,1H3. The van der Waals surface area contributed by atoms with Crippen molar-refractivity contribution in [2.24, 2.45) is 0 Å². The molecule has 0 bridgehead atoms. The summed E-state index contributed by atoms with van der Waals surface area (Å²) in [6.07, 6.45) is 0. The van der Waals surface area contributed by atoms with Gasteiger partial charge in [0.15, 0.2) is 0 Å². The number of benzene rings is 1. The van der Waals surface area contributed by atoms with Crippen LogP contribution in [0.4, 0.5) is 0 Å². The largest absolute Gasteiger partial charge is 0.493 e. The van der Waals surface area contributed by atoms with Gasteiger partial charge in [0.05, 0.1) is 13.2 Å². The molecule has 18 heavy (non-hydrogen) atoms. The van der Waals surface area contributed by atoms with Crippen LogP contribution in [0.2, 0.25) is 0 Å². The molecular formula is C14H20ClNO2. The molecule has 0 spiro atoms. The van der Waals surface area contributed by atoms with E-state index in [1.54, 1.807) is 7.11 Å². The van der Waals surface area contributed by atoms with Gasteiger partial charge in [-0.1, -0.05) is 18.2 Å². The molecule has 0 aromatic heterocycles. The number of rotatable bonds is 7. The maximum atomic E-state index is 5.85. The Morgan fingerprint density at radius 3 is 3.00 bits per heavy atom. The Labute approximate surface area is 114 Å². The van der Waals surface area contributed by atoms with Crippen LogP contribution in [-0.2, 0) is 4.74 Å². The van der Waals surface area contributed by atoms with Gasteiger partial charge in [0.25, 0.3) is 0 Å². The SMILES string of the molecule is COCCN(CCCl)CC1COc2ccccc21. The second-order valence-electron chi connectivity index (χ2n) is 4.53. The highest BCUT2D eigenvalue weighted by molar-refractivity contribution is 6.18. The van der Waals surface area contributed by atoms with Crippen LogP contribution in [0, 0.1) is 0 Å². The lowest BCUT2D eigenvalue weighted by Crippen LogP contribution is -2.33. The third-order valence-electron chi connectivity index (χ3n) is 3.29. The van der Waals surface area contributed by atoms with Gasteiger partial charge in [-0.15, -0.1) is 11.6 Å². The van der Waals surface area contributed by atoms with E-state index >= 15 is 0 Å². The number of methoxy groups -OCH3 is 1. The van der Waals surface area contributed by atoms with Gasteiger partial charge in [-0.25, -0.2) is 0 Å². The summed E-state index contributed by atoms with van der Waals surface area (Å²) in [6.45, 7) is 4.30. The number of alkyl halides is 1. The third-order valence-corrected chi connectivity index (χ3v) is 3.46. The fourth-order valence-electron chi connectivity index (χ4n) is 2.33. The second-order valence-corrected chi connectivity index (χ2v) is 4.91. The van der Waals surface area contributed by atoms with E-state index in [1.807, 2.05) is 12.1 Å². The predicted octanol–water partition coefficient (Wildman–Crippen LogP) is 2.35. The van der Waals surface area contributed by atoms with E-state index in [4.69, 9.17) is 21.1 Å². The van der Waals surface area contributed by atoms with Crippen molar-refractivity contribution in [2.75, 3.05) is 45.8 Å². The molecule has 1 heterocycles. The number of hydrogen-bond donors (Lipinski definition) is 0. The first-order chi connectivity index (χ1) is 8.85. The summed E-state index contributed by atoms with van der Waals surface area (Å²) in [4.78, 5) is 2.34. The lowest BCUT2D eigenvalue weighted by atomic mass is 10.0. The van der Waals surface area contributed by atoms with Crippen molar-refractivity contribution in [3.8, 4) is 5.75 Å². The minimum absolute atomic E-state index is 0.446. The number of halogens is 1. The Hall–Kier alpha value is -0.770. The minimum Gasteiger partial charge on any atom is -0.493 e. The second kappa shape index (κ2) is 6.98. The molecule has 1 aromatic rings. The van der Waals surface area contributed by atoms with Crippen LogP contribution >= 0.6 is 11.6 Å². The Bertz CT molecular complexity index is 373. The molecule has 0 saturated carbocycles. The van der Waals surface area contributed by atoms with Crippen LogP contribution in [0.3, 0.4) is 0 Å². The number of fused-ring (bicyclic) bond motifs is 1. The van der Waals surface area contributed by atoms with Crippen molar-refractivity contribution < 1.29 is 9.47 Å². The van der Waals surface area contributed by atoms with Crippen molar-refractivity contribution >= 4 is 11.6 Å². The van der Waals surface area contributed by atoms with Crippen molar-refractivity contribution in [3.05, 3.63) is 29.8 Å². The third kappa shape index (κ3) is 3.37. The Balaban J connectivity index is 1.95. The van der Waals surface area contributed by atoms with Crippen molar-refractivity contribution in [1.82, 2.24) is 4.90 Å². The first-order valence-corrected chi connectivity index (χ1v) is 6.87. The van der Waals surface area contributed by atoms with E-state index in [0.717, 1.165) is 38.6 Å². The molecule has 3 nitrogen and oxygen atoms in total. The summed E-state index contributed by atoms with van der Waals surface area (Å²) in [5.74, 6) is 2.13. The van der Waals surface area contributed by atoms with Gasteiger partial charge in [0.2, 0.25) is 0 Å². The quantitative estimate of drug-likeness (QED) is 0.710. The van der Waals surface area contributed by atoms with Crippen LogP contribution in [0.1, 0.15) is 11.5 Å². The molecule has 100 valence electrons. The zero-order valence-electron chi connectivity index (χ0n) is 10.8. The number of para-hydroxylation sites is 1. The number of nitrogens with zero attached hydrogens (tertiary/aromatic N) is 1. The summed E-state index contributed by atoms with van der Waals surface area (Å²) in [6, 6.07) is 8.28. The molecule has 1 atom stereocenters. The molecule has 1 aliphatic rings. The van der Waals surface area contributed by atoms with Gasteiger partial charge < -0.3 is 9.47 Å². The molecule has 1 aromatic carbocycles. The lowest BCUT2D eigenvalue weighted by Gasteiger charge is -2.23. The Morgan fingerprint density at radius 1 is 1.39 bits per heavy atom. The topological polar surface area (TPSA) is 21.7 Å². The van der Waals surface area contributed by atoms with E-state index in [-0.39, 0.29) is 0 Å². The van der Waals surface area contributed by atoms with E-state index < -0.39 is 0 Å². The number of hydrogen-bond acceptors (Lipinski definition) is 3. The minimum atomic E-state index is 0.446. The number of ether oxygens (including phenoxy) is 2. The van der Waals surface area contributed by atoms with E-state index in [9.17, 15) is 0 Å². The van der Waals surface area contributed by atoms with Gasteiger partial charge >= 0.3 is 0 Å². The molecule has 0 fully saturated rings. The van der Waals surface area contributed by atoms with E-state index in [2.05, 4.69) is 17.0 Å². The highest BCUT2D eigenvalue weighted by atomic mass is 35.5. The highest BCUT2D eigenvalue weighted by Crippen LogP contribution is 2.33. The predicted molar refractivity (Wildman–Crippen MR) is 73.7 cm³/mol. The van der Waals surface area contributed by atoms with Crippen LogP contribution in [0.25, 0.3) is 0 Å². The fourth-order valence-corrected chi connectivity index (χ4v) is 2.57. The molecule has 0 radical (unpaired) electrons. The molecular weight excluding hydrogens is 250 g/mol. The van der Waals surface area contributed by atoms with E-state index in [1.165, 1.54) is 5.56 Å². The fraction of sp³-hybridized carbons (Fsp3) is 0.571. The van der Waals surface area contributed by atoms with Crippen molar-refractivity contribution in [3.63, 3.8) is 0 Å². The maximum Gasteiger partial charge on any atom is 0.122 e. The van der Waals surface area contributed by atoms with Crippen LogP contribution in [0.15, 0.2) is 24.3 Å². The molecule has 0 N–H and O–H groups in total. The summed E-state index contributed by atoms with van der Waals surface area (Å²) >= 11 is 5.85. The van der Waals surface area contributed by atoms with Gasteiger partial charge in [-0.3, -0.25) is 4.90 Å². The van der Waals surface area contributed by atoms with Gasteiger partial charge in [0, 0.05) is 44.1 Å². The summed E-state index contributed by atoms with van der Waals surface area (Å²) in [5, 5.41) is 0. The smallest absolute Gasteiger partial charge is 0.122 e. The Morgan fingerprint density at radius 2 is 2.22 bits per heavy atom. The first-order valence-electron chi connectivity index (χ1n) is 6.34. The van der Waals surface area contributed by atoms with Gasteiger partial charge in [0.1, 0.15) is 5.75 Å². The summed E-state index contributed by atoms with van der Waals surface area (Å²) < 4.78 is 10.8. The zero-order valence-corrected chi connectivity index (χ0v) is 11.5. The van der Waals surface area contributed by atoms with Gasteiger partial charge in [-0.2, -0.15) is 0 Å². The van der Waals surface area contributed by atoms with Gasteiger partial charge in [-0.05, 0) is 6.07 Å². The molecule has 0 amide bonds.